The molecule has 0 bridgehead atoms. The van der Waals surface area contributed by atoms with Crippen LogP contribution in [0.3, 0.4) is 0 Å². The first-order chi connectivity index (χ1) is 10.1. The van der Waals surface area contributed by atoms with Crippen molar-refractivity contribution in [2.45, 2.75) is 26.1 Å². The Morgan fingerprint density at radius 1 is 1.24 bits per heavy atom. The van der Waals surface area contributed by atoms with Gasteiger partial charge in [-0.2, -0.15) is 5.26 Å². The molecule has 0 aromatic heterocycles. The van der Waals surface area contributed by atoms with E-state index in [9.17, 15) is 9.50 Å². The number of nitriles is 1. The number of hydrogen-bond donors (Lipinski definition) is 1. The van der Waals surface area contributed by atoms with E-state index in [0.717, 1.165) is 5.56 Å². The molecule has 0 spiro atoms. The Labute approximate surface area is 123 Å². The Morgan fingerprint density at radius 3 is 2.57 bits per heavy atom. The fraction of sp³-hybridized carbons (Fsp3) is 0.235. The molecule has 0 saturated heterocycles. The van der Waals surface area contributed by atoms with E-state index in [1.807, 2.05) is 13.0 Å². The van der Waals surface area contributed by atoms with Gasteiger partial charge in [-0.3, -0.25) is 0 Å². The van der Waals surface area contributed by atoms with Gasteiger partial charge in [0, 0.05) is 5.56 Å². The van der Waals surface area contributed by atoms with Gasteiger partial charge in [0.25, 0.3) is 0 Å². The second-order valence-electron chi connectivity index (χ2n) is 4.70. The Balaban J connectivity index is 2.05. The van der Waals surface area contributed by atoms with E-state index in [0.29, 0.717) is 23.3 Å². The first kappa shape index (κ1) is 15.0. The maximum atomic E-state index is 13.6. The van der Waals surface area contributed by atoms with E-state index in [1.165, 1.54) is 18.2 Å². The lowest BCUT2D eigenvalue weighted by Gasteiger charge is -2.10. The van der Waals surface area contributed by atoms with Crippen molar-refractivity contribution in [2.24, 2.45) is 0 Å². The molecule has 2 aromatic rings. The maximum Gasteiger partial charge on any atom is 0.129 e. The highest BCUT2D eigenvalue weighted by Crippen LogP contribution is 2.21. The molecule has 0 aliphatic heterocycles. The van der Waals surface area contributed by atoms with Crippen molar-refractivity contribution in [3.63, 3.8) is 0 Å². The monoisotopic (exact) mass is 285 g/mol. The highest BCUT2D eigenvalue weighted by molar-refractivity contribution is 5.34. The van der Waals surface area contributed by atoms with Crippen molar-refractivity contribution in [1.29, 1.82) is 5.26 Å². The molecule has 0 heterocycles. The van der Waals surface area contributed by atoms with Crippen LogP contribution in [0.4, 0.5) is 4.39 Å². The molecule has 1 N–H and O–H groups in total. The van der Waals surface area contributed by atoms with E-state index in [-0.39, 0.29) is 6.61 Å². The lowest BCUT2D eigenvalue weighted by molar-refractivity contribution is 0.173. The molecule has 4 heteroatoms. The third-order valence-corrected chi connectivity index (χ3v) is 3.22. The number of aliphatic hydroxyl groups excluding tert-OH is 1. The van der Waals surface area contributed by atoms with Crippen molar-refractivity contribution in [2.75, 3.05) is 0 Å². The summed E-state index contributed by atoms with van der Waals surface area (Å²) in [6, 6.07) is 13.2. The van der Waals surface area contributed by atoms with Gasteiger partial charge in [0.15, 0.2) is 0 Å². The number of nitrogens with zero attached hydrogens (tertiary/aromatic N) is 1. The number of halogens is 1. The number of aliphatic hydroxyl groups is 1. The first-order valence-electron chi connectivity index (χ1n) is 6.73. The molecule has 0 amide bonds. The van der Waals surface area contributed by atoms with Gasteiger partial charge in [-0.05, 0) is 42.3 Å². The molecule has 0 aliphatic carbocycles. The Hall–Kier alpha value is -2.38. The minimum absolute atomic E-state index is 0.0526. The van der Waals surface area contributed by atoms with Gasteiger partial charge in [-0.15, -0.1) is 0 Å². The smallest absolute Gasteiger partial charge is 0.129 e. The minimum atomic E-state index is -0.483. The largest absolute Gasteiger partial charge is 0.489 e. The van der Waals surface area contributed by atoms with Crippen LogP contribution in [0.15, 0.2) is 42.5 Å². The van der Waals surface area contributed by atoms with Crippen LogP contribution in [0.25, 0.3) is 0 Å². The van der Waals surface area contributed by atoms with Gasteiger partial charge in [0.2, 0.25) is 0 Å². The van der Waals surface area contributed by atoms with Crippen LogP contribution in [-0.4, -0.2) is 5.11 Å². The first-order valence-corrected chi connectivity index (χ1v) is 6.73. The highest BCUT2D eigenvalue weighted by atomic mass is 19.1. The normalized spacial score (nSPS) is 11.7. The molecule has 1 atom stereocenters. The zero-order chi connectivity index (χ0) is 15.2. The van der Waals surface area contributed by atoms with Crippen molar-refractivity contribution in [1.82, 2.24) is 0 Å². The molecule has 0 saturated carbocycles. The number of rotatable bonds is 5. The molecule has 0 fully saturated rings. The average molecular weight is 285 g/mol. The lowest BCUT2D eigenvalue weighted by atomic mass is 10.1. The molecule has 2 rings (SSSR count). The van der Waals surface area contributed by atoms with Gasteiger partial charge in [0.05, 0.1) is 17.7 Å². The summed E-state index contributed by atoms with van der Waals surface area (Å²) in [5.74, 6) is 0.191. The predicted octanol–water partition coefficient (Wildman–Crippen LogP) is 3.72. The molecule has 21 heavy (non-hydrogen) atoms. The summed E-state index contributed by atoms with van der Waals surface area (Å²) < 4.78 is 19.1. The zero-order valence-corrected chi connectivity index (χ0v) is 11.7. The van der Waals surface area contributed by atoms with Crippen molar-refractivity contribution < 1.29 is 14.2 Å². The van der Waals surface area contributed by atoms with E-state index in [4.69, 9.17) is 10.00 Å². The second-order valence-corrected chi connectivity index (χ2v) is 4.70. The predicted molar refractivity (Wildman–Crippen MR) is 77.1 cm³/mol. The maximum absolute atomic E-state index is 13.6. The highest BCUT2D eigenvalue weighted by Gasteiger charge is 2.07. The lowest BCUT2D eigenvalue weighted by Crippen LogP contribution is -2.00. The summed E-state index contributed by atoms with van der Waals surface area (Å²) in [6.07, 6.45) is 0.163. The van der Waals surface area contributed by atoms with Gasteiger partial charge >= 0.3 is 0 Å². The summed E-state index contributed by atoms with van der Waals surface area (Å²) in [5.41, 5.74) is 1.56. The average Bonchev–Trinajstić information content (AvgIpc) is 2.54. The molecular weight excluding hydrogens is 269 g/mol. The third kappa shape index (κ3) is 3.80. The van der Waals surface area contributed by atoms with E-state index < -0.39 is 11.9 Å². The van der Waals surface area contributed by atoms with E-state index in [2.05, 4.69) is 0 Å². The molecule has 108 valence electrons. The summed E-state index contributed by atoms with van der Waals surface area (Å²) >= 11 is 0. The zero-order valence-electron chi connectivity index (χ0n) is 11.7. The Morgan fingerprint density at radius 2 is 1.95 bits per heavy atom. The summed E-state index contributed by atoms with van der Waals surface area (Å²) in [4.78, 5) is 0. The fourth-order valence-electron chi connectivity index (χ4n) is 1.94. The van der Waals surface area contributed by atoms with Crippen LogP contribution in [0, 0.1) is 17.1 Å². The molecular formula is C17H16FNO2. The minimum Gasteiger partial charge on any atom is -0.489 e. The van der Waals surface area contributed by atoms with Crippen LogP contribution < -0.4 is 4.74 Å². The van der Waals surface area contributed by atoms with Crippen molar-refractivity contribution in [3.05, 3.63) is 65.0 Å². The summed E-state index contributed by atoms with van der Waals surface area (Å²) in [7, 11) is 0. The van der Waals surface area contributed by atoms with Crippen LogP contribution in [0.1, 0.15) is 36.1 Å². The SMILES string of the molecule is CCC(O)c1ccc(OCc2cc(C#N)ccc2F)cc1. The molecule has 2 aromatic carbocycles. The summed E-state index contributed by atoms with van der Waals surface area (Å²) in [6.45, 7) is 1.96. The van der Waals surface area contributed by atoms with Crippen LogP contribution >= 0.6 is 0 Å². The molecule has 1 unspecified atom stereocenters. The number of hydrogen-bond acceptors (Lipinski definition) is 3. The van der Waals surface area contributed by atoms with E-state index >= 15 is 0 Å². The number of ether oxygens (including phenoxy) is 1. The Bertz CT molecular complexity index is 647. The van der Waals surface area contributed by atoms with Crippen molar-refractivity contribution >= 4 is 0 Å². The van der Waals surface area contributed by atoms with Crippen LogP contribution in [-0.2, 0) is 6.61 Å². The van der Waals surface area contributed by atoms with Gasteiger partial charge in [0.1, 0.15) is 18.2 Å². The van der Waals surface area contributed by atoms with Crippen LogP contribution in [0.5, 0.6) is 5.75 Å². The van der Waals surface area contributed by atoms with Crippen molar-refractivity contribution in [3.8, 4) is 11.8 Å². The van der Waals surface area contributed by atoms with Gasteiger partial charge in [-0.25, -0.2) is 4.39 Å². The second kappa shape index (κ2) is 6.87. The summed E-state index contributed by atoms with van der Waals surface area (Å²) in [5, 5.41) is 18.5. The Kier molecular flexibility index (Phi) is 4.91. The van der Waals surface area contributed by atoms with Gasteiger partial charge < -0.3 is 9.84 Å². The van der Waals surface area contributed by atoms with E-state index in [1.54, 1.807) is 24.3 Å². The topological polar surface area (TPSA) is 53.2 Å². The standard InChI is InChI=1S/C17H16FNO2/c1-2-17(20)13-4-6-15(7-5-13)21-11-14-9-12(10-19)3-8-16(14)18/h3-9,17,20H,2,11H2,1H3. The fourth-order valence-corrected chi connectivity index (χ4v) is 1.94. The quantitative estimate of drug-likeness (QED) is 0.911. The third-order valence-electron chi connectivity index (χ3n) is 3.22. The molecule has 0 radical (unpaired) electrons. The van der Waals surface area contributed by atoms with Gasteiger partial charge in [-0.1, -0.05) is 19.1 Å². The molecule has 3 nitrogen and oxygen atoms in total. The molecule has 0 aliphatic rings. The van der Waals surface area contributed by atoms with Crippen LogP contribution in [0.2, 0.25) is 0 Å². The number of benzene rings is 2.